The molecular weight excluding hydrogens is 526 g/mol. The van der Waals surface area contributed by atoms with E-state index in [9.17, 15) is 24.3 Å². The first-order valence-corrected chi connectivity index (χ1v) is 13.6. The quantitative estimate of drug-likeness (QED) is 0.327. The summed E-state index contributed by atoms with van der Waals surface area (Å²) in [4.78, 5) is 49.5. The Bertz CT molecular complexity index is 1310. The lowest BCUT2D eigenvalue weighted by atomic mass is 10.0. The number of hydrogen-bond donors (Lipinski definition) is 4. The molecule has 3 aliphatic heterocycles. The van der Waals surface area contributed by atoms with Crippen LogP contribution in [0.5, 0.6) is 5.75 Å². The third-order valence-electron chi connectivity index (χ3n) is 6.64. The van der Waals surface area contributed by atoms with Crippen molar-refractivity contribution in [2.75, 3.05) is 40.3 Å². The van der Waals surface area contributed by atoms with E-state index in [0.717, 1.165) is 42.9 Å². The average molecular weight is 564 g/mol. The number of carbonyl (C=O) groups is 4. The monoisotopic (exact) mass is 563 g/mol. The van der Waals surface area contributed by atoms with Crippen LogP contribution in [0.3, 0.4) is 0 Å². The Kier molecular flexibility index (Phi) is 11.3. The molecule has 4 amide bonds. The van der Waals surface area contributed by atoms with E-state index in [0.29, 0.717) is 24.2 Å². The largest absolute Gasteiger partial charge is 0.497 e. The highest BCUT2D eigenvalue weighted by molar-refractivity contribution is 6.05. The zero-order chi connectivity index (χ0) is 29.9. The molecule has 0 aromatic heterocycles. The summed E-state index contributed by atoms with van der Waals surface area (Å²) in [5.41, 5.74) is 3.18. The number of benzene rings is 2. The van der Waals surface area contributed by atoms with Crippen LogP contribution in [0.25, 0.3) is 0 Å². The number of carboxylic acids is 1. The van der Waals surface area contributed by atoms with Crippen LogP contribution in [0.2, 0.25) is 0 Å². The van der Waals surface area contributed by atoms with Crippen molar-refractivity contribution in [1.29, 1.82) is 0 Å². The van der Waals surface area contributed by atoms with Gasteiger partial charge in [-0.25, -0.2) is 4.79 Å². The molecule has 0 saturated carbocycles. The van der Waals surface area contributed by atoms with Gasteiger partial charge < -0.3 is 25.4 Å². The second-order valence-electron chi connectivity index (χ2n) is 9.35. The second-order valence-corrected chi connectivity index (χ2v) is 9.35. The van der Waals surface area contributed by atoms with Gasteiger partial charge >= 0.3 is 12.0 Å². The van der Waals surface area contributed by atoms with Crippen LogP contribution in [-0.4, -0.2) is 85.1 Å². The number of fused-ring (bicyclic) bond motifs is 1. The normalized spacial score (nSPS) is 18.6. The van der Waals surface area contributed by atoms with Crippen molar-refractivity contribution >= 4 is 23.8 Å². The molecule has 0 radical (unpaired) electrons. The number of hydrogen-bond acceptors (Lipinski definition) is 7. The molecule has 2 aromatic carbocycles. The zero-order valence-corrected chi connectivity index (χ0v) is 23.8. The van der Waals surface area contributed by atoms with Crippen LogP contribution < -0.4 is 20.7 Å². The number of methoxy groups -OCH3 is 1. The fraction of sp³-hybridized carbons (Fsp3) is 0.400. The Hall–Kier alpha value is -4.40. The van der Waals surface area contributed by atoms with E-state index in [1.165, 1.54) is 0 Å². The van der Waals surface area contributed by atoms with Crippen molar-refractivity contribution in [3.63, 3.8) is 0 Å². The minimum Gasteiger partial charge on any atom is -0.497 e. The molecule has 2 atom stereocenters. The zero-order valence-electron chi connectivity index (χ0n) is 23.8. The number of rotatable bonds is 4. The molecule has 2 saturated heterocycles. The molecule has 2 unspecified atom stereocenters. The van der Waals surface area contributed by atoms with E-state index in [4.69, 9.17) is 4.74 Å². The highest BCUT2D eigenvalue weighted by atomic mass is 16.5. The summed E-state index contributed by atoms with van der Waals surface area (Å²) < 4.78 is 5.05. The van der Waals surface area contributed by atoms with Crippen LogP contribution >= 0.6 is 0 Å². The Labute approximate surface area is 240 Å². The Morgan fingerprint density at radius 1 is 1.07 bits per heavy atom. The molecule has 0 spiro atoms. The maximum absolute atomic E-state index is 11.8. The van der Waals surface area contributed by atoms with Crippen molar-refractivity contribution < 1.29 is 29.0 Å². The lowest BCUT2D eigenvalue weighted by Gasteiger charge is -2.27. The van der Waals surface area contributed by atoms with Gasteiger partial charge in [0.25, 0.3) is 11.8 Å². The molecule has 3 aliphatic rings. The van der Waals surface area contributed by atoms with E-state index in [2.05, 4.69) is 27.8 Å². The number of nitrogens with zero attached hydrogens (tertiary/aromatic N) is 2. The number of nitrogens with one attached hydrogen (secondary N) is 3. The maximum atomic E-state index is 11.8. The molecule has 4 N–H and O–H groups in total. The number of urea groups is 1. The molecule has 218 valence electrons. The Balaban J connectivity index is 0.000000257. The molecular formula is C30H37N5O6. The van der Waals surface area contributed by atoms with Gasteiger partial charge in [0.2, 0.25) is 0 Å². The van der Waals surface area contributed by atoms with Crippen LogP contribution in [0.15, 0.2) is 42.5 Å². The topological polar surface area (TPSA) is 140 Å². The number of carbonyl (C=O) groups excluding carboxylic acids is 3. The average Bonchev–Trinajstić information content (AvgIpc) is 3.30. The van der Waals surface area contributed by atoms with Gasteiger partial charge in [0, 0.05) is 44.4 Å². The predicted molar refractivity (Wildman–Crippen MR) is 153 cm³/mol. The smallest absolute Gasteiger partial charge is 0.325 e. The summed E-state index contributed by atoms with van der Waals surface area (Å²) in [6.45, 7) is 7.76. The van der Waals surface area contributed by atoms with Crippen LogP contribution in [0.4, 0.5) is 4.79 Å². The molecule has 2 aromatic rings. The SMILES string of the molecule is CC.COc1ccc2c(c1)C(=O)N(C)C2.O=C1NC(=O)C(C#Cc2ccc(C(C(=O)O)N3CCCNCC3)cc2)N1. The van der Waals surface area contributed by atoms with Gasteiger partial charge in [-0.2, -0.15) is 0 Å². The number of carboxylic acid groups (broad SMARTS) is 1. The third-order valence-corrected chi connectivity index (χ3v) is 6.64. The molecule has 3 heterocycles. The van der Waals surface area contributed by atoms with Gasteiger partial charge in [-0.1, -0.05) is 43.9 Å². The van der Waals surface area contributed by atoms with Gasteiger partial charge in [-0.3, -0.25) is 24.6 Å². The first-order valence-electron chi connectivity index (χ1n) is 13.6. The summed E-state index contributed by atoms with van der Waals surface area (Å²) in [6.07, 6.45) is 0.905. The Morgan fingerprint density at radius 2 is 1.80 bits per heavy atom. The molecule has 0 bridgehead atoms. The minimum absolute atomic E-state index is 0.0777. The van der Waals surface area contributed by atoms with E-state index in [1.807, 2.05) is 30.9 Å². The Morgan fingerprint density at radius 3 is 2.44 bits per heavy atom. The van der Waals surface area contributed by atoms with Crippen LogP contribution in [0, 0.1) is 11.8 Å². The van der Waals surface area contributed by atoms with Crippen molar-refractivity contribution in [1.82, 2.24) is 25.8 Å². The number of imide groups is 1. The van der Waals surface area contributed by atoms with Crippen molar-refractivity contribution in [3.05, 3.63) is 64.7 Å². The van der Waals surface area contributed by atoms with Crippen molar-refractivity contribution in [3.8, 4) is 17.6 Å². The fourth-order valence-corrected chi connectivity index (χ4v) is 4.61. The van der Waals surface area contributed by atoms with Gasteiger partial charge in [0.15, 0.2) is 6.04 Å². The lowest BCUT2D eigenvalue weighted by molar-refractivity contribution is -0.143. The fourth-order valence-electron chi connectivity index (χ4n) is 4.61. The molecule has 41 heavy (non-hydrogen) atoms. The third kappa shape index (κ3) is 8.06. The summed E-state index contributed by atoms with van der Waals surface area (Å²) >= 11 is 0. The van der Waals surface area contributed by atoms with E-state index < -0.39 is 30.0 Å². The van der Waals surface area contributed by atoms with Crippen LogP contribution in [0.1, 0.15) is 53.4 Å². The van der Waals surface area contributed by atoms with Crippen molar-refractivity contribution in [2.45, 2.75) is 38.9 Å². The van der Waals surface area contributed by atoms with Crippen molar-refractivity contribution in [2.24, 2.45) is 0 Å². The van der Waals surface area contributed by atoms with E-state index >= 15 is 0 Å². The van der Waals surface area contributed by atoms with Gasteiger partial charge in [-0.15, -0.1) is 0 Å². The summed E-state index contributed by atoms with van der Waals surface area (Å²) in [6, 6.07) is 10.4. The standard InChI is InChI=1S/C18H20N4O4.C10H11NO2.C2H6/c23-16-14(20-18(26)21-16)7-4-12-2-5-13(6-3-12)15(17(24)25)22-10-1-8-19-9-11-22;1-11-6-7-3-4-8(13-2)5-9(7)10(11)12;1-2/h2-3,5-6,14-15,19H,1,8-11H2,(H,24,25)(H2,20,21,23,26);3-5H,6H2,1-2H3;1-2H3. The number of ether oxygens (including phenoxy) is 1. The summed E-state index contributed by atoms with van der Waals surface area (Å²) in [7, 11) is 3.40. The van der Waals surface area contributed by atoms with E-state index in [1.54, 1.807) is 49.4 Å². The number of aliphatic carboxylic acids is 1. The predicted octanol–water partition coefficient (Wildman–Crippen LogP) is 1.97. The first kappa shape index (κ1) is 31.1. The minimum atomic E-state index is -0.879. The first-order chi connectivity index (χ1) is 19.8. The molecule has 11 nitrogen and oxygen atoms in total. The lowest BCUT2D eigenvalue weighted by Crippen LogP contribution is -2.36. The van der Waals surface area contributed by atoms with Gasteiger partial charge in [-0.05, 0) is 48.4 Å². The highest BCUT2D eigenvalue weighted by Crippen LogP contribution is 2.25. The summed E-state index contributed by atoms with van der Waals surface area (Å²) in [5.74, 6) is 4.98. The maximum Gasteiger partial charge on any atom is 0.325 e. The van der Waals surface area contributed by atoms with Gasteiger partial charge in [0.05, 0.1) is 7.11 Å². The highest BCUT2D eigenvalue weighted by Gasteiger charge is 2.29. The number of amides is 4. The van der Waals surface area contributed by atoms with Crippen LogP contribution in [-0.2, 0) is 16.1 Å². The van der Waals surface area contributed by atoms with Gasteiger partial charge in [0.1, 0.15) is 11.8 Å². The molecule has 0 aliphatic carbocycles. The second kappa shape index (κ2) is 14.8. The van der Waals surface area contributed by atoms with E-state index in [-0.39, 0.29) is 5.91 Å². The molecule has 2 fully saturated rings. The molecule has 5 rings (SSSR count). The molecule has 11 heteroatoms. The summed E-state index contributed by atoms with van der Waals surface area (Å²) in [5, 5.41) is 17.5.